The van der Waals surface area contributed by atoms with Gasteiger partial charge >= 0.3 is 12.1 Å². The number of benzene rings is 2. The molecule has 0 radical (unpaired) electrons. The Hall–Kier alpha value is -6.07. The van der Waals surface area contributed by atoms with E-state index in [4.69, 9.17) is 14.6 Å². The van der Waals surface area contributed by atoms with Gasteiger partial charge in [0, 0.05) is 45.7 Å². The zero-order valence-corrected chi connectivity index (χ0v) is 34.7. The number of nitrogens with zero attached hydrogens (tertiary/aromatic N) is 3. The van der Waals surface area contributed by atoms with E-state index in [1.54, 1.807) is 42.1 Å². The molecular formula is C42H52F4N6O8. The number of amides is 5. The lowest BCUT2D eigenvalue weighted by molar-refractivity contribution is -0.192. The van der Waals surface area contributed by atoms with E-state index in [0.717, 1.165) is 11.6 Å². The molecule has 4 aliphatic rings. The lowest BCUT2D eigenvalue weighted by atomic mass is 9.84. The van der Waals surface area contributed by atoms with Crippen LogP contribution in [0.3, 0.4) is 0 Å². The molecule has 6 bridgehead atoms. The van der Waals surface area contributed by atoms with Crippen molar-refractivity contribution in [2.45, 2.75) is 79.1 Å². The summed E-state index contributed by atoms with van der Waals surface area (Å²) in [5.74, 6) is -5.01. The molecule has 5 amide bonds. The number of aromatic nitrogens is 1. The number of carbonyl (C=O) groups is 6. The summed E-state index contributed by atoms with van der Waals surface area (Å²) in [5.41, 5.74) is 0.864. The van der Waals surface area contributed by atoms with Crippen LogP contribution in [0, 0.1) is 16.6 Å². The molecule has 0 spiro atoms. The molecule has 14 nitrogen and oxygen atoms in total. The largest absolute Gasteiger partial charge is 0.490 e. The summed E-state index contributed by atoms with van der Waals surface area (Å²) < 4.78 is 52.5. The van der Waals surface area contributed by atoms with E-state index in [9.17, 15) is 41.5 Å². The van der Waals surface area contributed by atoms with Crippen LogP contribution < -0.4 is 20.7 Å². The molecule has 4 aliphatic heterocycles. The maximum Gasteiger partial charge on any atom is 0.490 e. The van der Waals surface area contributed by atoms with Crippen LogP contribution in [-0.2, 0) is 32.1 Å². The van der Waals surface area contributed by atoms with Crippen molar-refractivity contribution in [2.24, 2.45) is 10.8 Å². The van der Waals surface area contributed by atoms with Crippen LogP contribution >= 0.6 is 0 Å². The first-order valence-electron chi connectivity index (χ1n) is 19.0. The fraction of sp³-hybridized carbons (Fsp3) is 0.452. The third-order valence-corrected chi connectivity index (χ3v) is 9.14. The molecule has 4 N–H and O–H groups in total. The van der Waals surface area contributed by atoms with Crippen molar-refractivity contribution in [2.75, 3.05) is 39.1 Å². The van der Waals surface area contributed by atoms with Gasteiger partial charge in [0.15, 0.2) is 0 Å². The fourth-order valence-electron chi connectivity index (χ4n) is 5.77. The number of carbonyl (C=O) groups excluding carboxylic acids is 5. The lowest BCUT2D eigenvalue weighted by Gasteiger charge is -2.28. The molecule has 326 valence electrons. The average Bonchev–Trinajstić information content (AvgIpc) is 3.15. The van der Waals surface area contributed by atoms with Gasteiger partial charge < -0.3 is 35.6 Å². The highest BCUT2D eigenvalue weighted by molar-refractivity contribution is 6.01. The number of halogens is 4. The van der Waals surface area contributed by atoms with E-state index in [1.807, 2.05) is 46.8 Å². The van der Waals surface area contributed by atoms with E-state index < -0.39 is 47.1 Å². The van der Waals surface area contributed by atoms with Crippen LogP contribution in [0.5, 0.6) is 5.75 Å². The van der Waals surface area contributed by atoms with Gasteiger partial charge in [0.2, 0.25) is 17.7 Å². The Morgan fingerprint density at radius 1 is 0.883 bits per heavy atom. The van der Waals surface area contributed by atoms with Crippen LogP contribution in [0.4, 0.5) is 23.2 Å². The topological polar surface area (TPSA) is 187 Å². The van der Waals surface area contributed by atoms with Crippen molar-refractivity contribution in [3.63, 3.8) is 0 Å². The van der Waals surface area contributed by atoms with E-state index in [1.165, 1.54) is 24.4 Å². The Balaban J connectivity index is 0.00000126. The van der Waals surface area contributed by atoms with Crippen LogP contribution in [0.25, 0.3) is 0 Å². The number of rotatable bonds is 1. The smallest absolute Gasteiger partial charge is 0.490 e. The summed E-state index contributed by atoms with van der Waals surface area (Å²) in [7, 11) is 3.42. The number of aliphatic carboxylic acids is 1. The summed E-state index contributed by atoms with van der Waals surface area (Å²) in [6.07, 6.45) is -2.45. The third kappa shape index (κ3) is 15.9. The molecule has 0 unspecified atom stereocenters. The molecule has 3 aromatic rings. The molecule has 18 heteroatoms. The van der Waals surface area contributed by atoms with Gasteiger partial charge in [-0.3, -0.25) is 24.0 Å². The average molecular weight is 845 g/mol. The molecule has 0 aliphatic carbocycles. The highest BCUT2D eigenvalue weighted by Crippen LogP contribution is 2.27. The number of alkyl halides is 3. The summed E-state index contributed by atoms with van der Waals surface area (Å²) >= 11 is 0. The Morgan fingerprint density at radius 2 is 1.47 bits per heavy atom. The number of anilines is 1. The first-order valence-corrected chi connectivity index (χ1v) is 19.0. The Labute approximate surface area is 346 Å². The van der Waals surface area contributed by atoms with E-state index >= 15 is 0 Å². The van der Waals surface area contributed by atoms with Crippen molar-refractivity contribution in [3.8, 4) is 5.75 Å². The zero-order valence-electron chi connectivity index (χ0n) is 34.7. The standard InChI is InChI=1S/C40H51FN6O6.C2HF3O2/c1-39(2,3)21-33-38(52)44-28-11-8-26(9-12-28)16-17-46(6)34(48)22-40(4,5)23-35(49)47(7)18-19-53-29-13-15-32(42-25-29)37(51)43-24-27-10-14-31(41)30(20-27)36(50)45-33;3-2(4,5)1(6)7/h8-15,20,25,33H,16-19,21-24H2,1-7H3,(H,43,51)(H,44,52)(H,45,50);(H,6,7)/t33-;/m0./s1. The van der Waals surface area contributed by atoms with Gasteiger partial charge in [-0.2, -0.15) is 13.2 Å². The van der Waals surface area contributed by atoms with Crippen LogP contribution in [0.2, 0.25) is 0 Å². The molecule has 0 saturated heterocycles. The van der Waals surface area contributed by atoms with E-state index in [-0.39, 0.29) is 60.9 Å². The zero-order chi connectivity index (χ0) is 45.0. The Bertz CT molecular complexity index is 2000. The van der Waals surface area contributed by atoms with Gasteiger partial charge in [0.1, 0.15) is 29.9 Å². The van der Waals surface area contributed by atoms with Gasteiger partial charge in [0.05, 0.1) is 18.3 Å². The van der Waals surface area contributed by atoms with E-state index in [0.29, 0.717) is 36.5 Å². The number of hydrogen-bond donors (Lipinski definition) is 4. The number of carboxylic acids is 1. The number of ether oxygens (including phenoxy) is 1. The summed E-state index contributed by atoms with van der Waals surface area (Å²) in [6.45, 7) is 10.6. The minimum absolute atomic E-state index is 0.0111. The van der Waals surface area contributed by atoms with Crippen molar-refractivity contribution in [3.05, 3.63) is 89.0 Å². The van der Waals surface area contributed by atoms with Gasteiger partial charge in [-0.25, -0.2) is 14.2 Å². The number of nitrogens with one attached hydrogen (secondary N) is 3. The summed E-state index contributed by atoms with van der Waals surface area (Å²) in [4.78, 5) is 82.2. The predicted octanol–water partition coefficient (Wildman–Crippen LogP) is 5.62. The van der Waals surface area contributed by atoms with Crippen molar-refractivity contribution in [1.82, 2.24) is 25.4 Å². The molecule has 0 fully saturated rings. The molecule has 5 heterocycles. The van der Waals surface area contributed by atoms with Crippen LogP contribution in [0.15, 0.2) is 60.8 Å². The molecular weight excluding hydrogens is 792 g/mol. The van der Waals surface area contributed by atoms with E-state index in [2.05, 4.69) is 20.9 Å². The number of likely N-dealkylation sites (N-methyl/N-ethyl adjacent to an activating group) is 2. The number of carboxylic acid groups (broad SMARTS) is 1. The van der Waals surface area contributed by atoms with Gasteiger partial charge in [-0.05, 0) is 71.2 Å². The second-order valence-electron chi connectivity index (χ2n) is 16.4. The van der Waals surface area contributed by atoms with Gasteiger partial charge in [-0.1, -0.05) is 52.8 Å². The second-order valence-corrected chi connectivity index (χ2v) is 16.4. The highest BCUT2D eigenvalue weighted by atomic mass is 19.4. The van der Waals surface area contributed by atoms with Crippen LogP contribution in [-0.4, -0.2) is 101 Å². The lowest BCUT2D eigenvalue weighted by Crippen LogP contribution is -2.46. The molecule has 2 aromatic carbocycles. The molecule has 1 aromatic heterocycles. The third-order valence-electron chi connectivity index (χ3n) is 9.14. The SMILES string of the molecule is CN1CCOc2ccc(nc2)C(=O)NCc2ccc(F)c(c2)C(=O)N[C@@H](CC(C)(C)C)C(=O)Nc2ccc(cc2)CCN(C)C(=O)CC(C)(C)CC1=O.O=C(O)C(F)(F)F. The number of pyridine rings is 1. The first-order chi connectivity index (χ1) is 27.8. The monoisotopic (exact) mass is 844 g/mol. The quantitative estimate of drug-likeness (QED) is 0.226. The van der Waals surface area contributed by atoms with Crippen molar-refractivity contribution >= 4 is 41.2 Å². The molecule has 0 saturated carbocycles. The summed E-state index contributed by atoms with van der Waals surface area (Å²) in [6, 6.07) is 13.3. The second kappa shape index (κ2) is 20.8. The number of hydrogen-bond acceptors (Lipinski definition) is 8. The minimum atomic E-state index is -5.08. The molecule has 7 rings (SSSR count). The maximum absolute atomic E-state index is 15.0. The maximum atomic E-state index is 15.0. The van der Waals surface area contributed by atoms with Crippen LogP contribution in [0.1, 0.15) is 85.9 Å². The normalized spacial score (nSPS) is 17.9. The summed E-state index contributed by atoms with van der Waals surface area (Å²) in [5, 5.41) is 15.4. The minimum Gasteiger partial charge on any atom is -0.490 e. The fourth-order valence-corrected chi connectivity index (χ4v) is 5.77. The first kappa shape index (κ1) is 48.3. The van der Waals surface area contributed by atoms with Gasteiger partial charge in [0.25, 0.3) is 11.8 Å². The van der Waals surface area contributed by atoms with Crippen molar-refractivity contribution in [1.29, 1.82) is 0 Å². The van der Waals surface area contributed by atoms with Crippen molar-refractivity contribution < 1.29 is 56.2 Å². The Morgan fingerprint density at radius 3 is 2.02 bits per heavy atom. The molecule has 60 heavy (non-hydrogen) atoms. The highest BCUT2D eigenvalue weighted by Gasteiger charge is 2.38. The predicted molar refractivity (Wildman–Crippen MR) is 213 cm³/mol. The van der Waals surface area contributed by atoms with Gasteiger partial charge in [-0.15, -0.1) is 0 Å². The molecule has 1 atom stereocenters. The Kier molecular flexibility index (Phi) is 16.7.